The Bertz CT molecular complexity index is 411. The number of carbonyl (C=O) groups is 1. The molecule has 1 saturated heterocycles. The van der Waals surface area contributed by atoms with Gasteiger partial charge in [0.15, 0.2) is 0 Å². The second-order valence-corrected chi connectivity index (χ2v) is 5.86. The monoisotopic (exact) mass is 320 g/mol. The normalized spacial score (nSPS) is 18.5. The van der Waals surface area contributed by atoms with E-state index in [1.165, 1.54) is 0 Å². The molecule has 1 aromatic carbocycles. The van der Waals surface area contributed by atoms with E-state index in [9.17, 15) is 4.79 Å². The van der Waals surface area contributed by atoms with E-state index in [1.54, 1.807) is 0 Å². The number of amides is 1. The maximum Gasteiger partial charge on any atom is 0.221 e. The van der Waals surface area contributed by atoms with E-state index in [1.807, 2.05) is 36.0 Å². The Kier molecular flexibility index (Phi) is 7.61. The van der Waals surface area contributed by atoms with Crippen molar-refractivity contribution >= 4 is 41.7 Å². The Morgan fingerprint density at radius 1 is 1.47 bits per heavy atom. The highest BCUT2D eigenvalue weighted by Gasteiger charge is 2.16. The lowest BCUT2D eigenvalue weighted by atomic mass is 10.2. The van der Waals surface area contributed by atoms with Crippen molar-refractivity contribution < 1.29 is 4.79 Å². The van der Waals surface area contributed by atoms with E-state index in [2.05, 4.69) is 10.6 Å². The molecule has 1 aliphatic heterocycles. The van der Waals surface area contributed by atoms with E-state index >= 15 is 0 Å². The number of rotatable bonds is 4. The topological polar surface area (TPSA) is 41.1 Å². The van der Waals surface area contributed by atoms with E-state index in [0.29, 0.717) is 24.0 Å². The van der Waals surface area contributed by atoms with E-state index < -0.39 is 0 Å². The molecule has 0 spiro atoms. The molecule has 2 N–H and O–H groups in total. The highest BCUT2D eigenvalue weighted by atomic mass is 35.5. The van der Waals surface area contributed by atoms with Gasteiger partial charge < -0.3 is 10.6 Å². The van der Waals surface area contributed by atoms with Gasteiger partial charge in [0.2, 0.25) is 5.91 Å². The summed E-state index contributed by atoms with van der Waals surface area (Å²) >= 11 is 7.93. The molecule has 1 atom stereocenters. The number of hydrogen-bond donors (Lipinski definition) is 2. The zero-order valence-corrected chi connectivity index (χ0v) is 12.9. The number of hydrogen-bond acceptors (Lipinski definition) is 3. The van der Waals surface area contributed by atoms with Crippen LogP contribution < -0.4 is 10.6 Å². The van der Waals surface area contributed by atoms with Gasteiger partial charge in [-0.3, -0.25) is 4.79 Å². The number of nitrogens with one attached hydrogen (secondary N) is 2. The average molecular weight is 321 g/mol. The second kappa shape index (κ2) is 8.69. The van der Waals surface area contributed by atoms with Gasteiger partial charge in [-0.25, -0.2) is 0 Å². The molecule has 1 aromatic rings. The summed E-state index contributed by atoms with van der Waals surface area (Å²) in [6.45, 7) is 1.49. The molecule has 106 valence electrons. The third-order valence-corrected chi connectivity index (χ3v) is 4.36. The molecular weight excluding hydrogens is 303 g/mol. The molecule has 1 unspecified atom stereocenters. The zero-order valence-electron chi connectivity index (χ0n) is 10.5. The molecule has 2 rings (SSSR count). The predicted octanol–water partition coefficient (Wildman–Crippen LogP) is 2.47. The first-order valence-electron chi connectivity index (χ1n) is 6.07. The van der Waals surface area contributed by atoms with Gasteiger partial charge in [0.05, 0.1) is 0 Å². The Morgan fingerprint density at radius 2 is 2.26 bits per heavy atom. The van der Waals surface area contributed by atoms with E-state index in [0.717, 1.165) is 23.6 Å². The minimum Gasteiger partial charge on any atom is -0.352 e. The van der Waals surface area contributed by atoms with Crippen molar-refractivity contribution in [2.45, 2.75) is 19.0 Å². The Morgan fingerprint density at radius 3 is 2.95 bits per heavy atom. The summed E-state index contributed by atoms with van der Waals surface area (Å²) in [5.41, 5.74) is 0.957. The van der Waals surface area contributed by atoms with Crippen molar-refractivity contribution in [3.05, 3.63) is 34.9 Å². The van der Waals surface area contributed by atoms with Crippen molar-refractivity contribution in [2.75, 3.05) is 18.1 Å². The van der Waals surface area contributed by atoms with Crippen LogP contribution in [0, 0.1) is 0 Å². The van der Waals surface area contributed by atoms with Gasteiger partial charge in [-0.1, -0.05) is 29.8 Å². The largest absolute Gasteiger partial charge is 0.352 e. The first kappa shape index (κ1) is 16.6. The summed E-state index contributed by atoms with van der Waals surface area (Å²) < 4.78 is 0. The third kappa shape index (κ3) is 5.61. The van der Waals surface area contributed by atoms with Crippen LogP contribution in [0.25, 0.3) is 0 Å². The lowest BCUT2D eigenvalue weighted by molar-refractivity contribution is -0.121. The van der Waals surface area contributed by atoms with Gasteiger partial charge in [-0.2, -0.15) is 11.8 Å². The third-order valence-electron chi connectivity index (χ3n) is 2.86. The van der Waals surface area contributed by atoms with Gasteiger partial charge in [0.1, 0.15) is 0 Å². The summed E-state index contributed by atoms with van der Waals surface area (Å²) in [7, 11) is 0. The Balaban J connectivity index is 0.00000180. The van der Waals surface area contributed by atoms with E-state index in [4.69, 9.17) is 11.6 Å². The summed E-state index contributed by atoms with van der Waals surface area (Å²) in [5, 5.41) is 6.96. The maximum absolute atomic E-state index is 11.8. The van der Waals surface area contributed by atoms with E-state index in [-0.39, 0.29) is 18.3 Å². The number of halogens is 2. The average Bonchev–Trinajstić information content (AvgIpc) is 2.39. The van der Waals surface area contributed by atoms with Crippen LogP contribution in [0.2, 0.25) is 5.02 Å². The van der Waals surface area contributed by atoms with Gasteiger partial charge in [-0.05, 0) is 11.6 Å². The maximum atomic E-state index is 11.8. The second-order valence-electron chi connectivity index (χ2n) is 4.30. The lowest BCUT2D eigenvalue weighted by Crippen LogP contribution is -2.41. The summed E-state index contributed by atoms with van der Waals surface area (Å²) in [6, 6.07) is 7.87. The van der Waals surface area contributed by atoms with Gasteiger partial charge in [0, 0.05) is 42.1 Å². The molecular formula is C13H18Cl2N2OS. The number of benzene rings is 1. The molecule has 1 amide bonds. The first-order valence-corrected chi connectivity index (χ1v) is 7.60. The van der Waals surface area contributed by atoms with Gasteiger partial charge >= 0.3 is 0 Å². The SMILES string of the molecule is Cl.O=C(CC1CSCCN1)NCc1ccccc1Cl. The van der Waals surface area contributed by atoms with Crippen LogP contribution in [0.4, 0.5) is 0 Å². The molecule has 0 saturated carbocycles. The molecule has 0 radical (unpaired) electrons. The van der Waals surface area contributed by atoms with Crippen LogP contribution in [-0.4, -0.2) is 30.0 Å². The van der Waals surface area contributed by atoms with Crippen LogP contribution in [0.15, 0.2) is 24.3 Å². The fourth-order valence-electron chi connectivity index (χ4n) is 1.88. The van der Waals surface area contributed by atoms with Crippen LogP contribution >= 0.6 is 35.8 Å². The van der Waals surface area contributed by atoms with Crippen molar-refractivity contribution in [3.8, 4) is 0 Å². The van der Waals surface area contributed by atoms with Crippen LogP contribution in [-0.2, 0) is 11.3 Å². The highest BCUT2D eigenvalue weighted by Crippen LogP contribution is 2.14. The standard InChI is InChI=1S/C13H17ClN2OS.ClH/c14-12-4-2-1-3-10(12)8-16-13(17)7-11-9-18-6-5-15-11;/h1-4,11,15H,5-9H2,(H,16,17);1H. The summed E-state index contributed by atoms with van der Waals surface area (Å²) in [6.07, 6.45) is 0.539. The zero-order chi connectivity index (χ0) is 12.8. The molecule has 6 heteroatoms. The molecule has 0 bridgehead atoms. The van der Waals surface area contributed by atoms with Gasteiger partial charge in [-0.15, -0.1) is 12.4 Å². The summed E-state index contributed by atoms with van der Waals surface area (Å²) in [4.78, 5) is 11.8. The van der Waals surface area contributed by atoms with Crippen molar-refractivity contribution in [1.29, 1.82) is 0 Å². The van der Waals surface area contributed by atoms with Crippen LogP contribution in [0.1, 0.15) is 12.0 Å². The molecule has 1 aliphatic rings. The van der Waals surface area contributed by atoms with Crippen LogP contribution in [0.3, 0.4) is 0 Å². The fourth-order valence-corrected chi connectivity index (χ4v) is 3.03. The minimum atomic E-state index is 0. The minimum absolute atomic E-state index is 0. The van der Waals surface area contributed by atoms with Crippen molar-refractivity contribution in [3.63, 3.8) is 0 Å². The lowest BCUT2D eigenvalue weighted by Gasteiger charge is -2.22. The molecule has 3 nitrogen and oxygen atoms in total. The highest BCUT2D eigenvalue weighted by molar-refractivity contribution is 7.99. The quantitative estimate of drug-likeness (QED) is 0.895. The summed E-state index contributed by atoms with van der Waals surface area (Å²) in [5.74, 6) is 2.23. The van der Waals surface area contributed by atoms with Crippen LogP contribution in [0.5, 0.6) is 0 Å². The number of carbonyl (C=O) groups excluding carboxylic acids is 1. The molecule has 19 heavy (non-hydrogen) atoms. The Hall–Kier alpha value is -0.420. The Labute approximate surface area is 129 Å². The fraction of sp³-hybridized carbons (Fsp3) is 0.462. The molecule has 0 aliphatic carbocycles. The predicted molar refractivity (Wildman–Crippen MR) is 84.3 cm³/mol. The first-order chi connectivity index (χ1) is 8.75. The van der Waals surface area contributed by atoms with Gasteiger partial charge in [0.25, 0.3) is 0 Å². The van der Waals surface area contributed by atoms with Crippen molar-refractivity contribution in [2.24, 2.45) is 0 Å². The molecule has 1 fully saturated rings. The van der Waals surface area contributed by atoms with Crippen molar-refractivity contribution in [1.82, 2.24) is 10.6 Å². The molecule has 0 aromatic heterocycles. The smallest absolute Gasteiger partial charge is 0.221 e. The molecule has 1 heterocycles. The number of thioether (sulfide) groups is 1.